The van der Waals surface area contributed by atoms with E-state index in [1.165, 1.54) is 6.42 Å². The number of rotatable bonds is 11. The molecule has 1 saturated heterocycles. The highest BCUT2D eigenvalue weighted by Crippen LogP contribution is 2.48. The fourth-order valence-corrected chi connectivity index (χ4v) is 8.36. The van der Waals surface area contributed by atoms with Gasteiger partial charge in [0.2, 0.25) is 5.91 Å². The van der Waals surface area contributed by atoms with Crippen LogP contribution in [-0.4, -0.2) is 81.5 Å². The summed E-state index contributed by atoms with van der Waals surface area (Å²) in [6.45, 7) is 5.59. The number of fused-ring (bicyclic) bond motifs is 2. The minimum absolute atomic E-state index is 0.0555. The summed E-state index contributed by atoms with van der Waals surface area (Å²) in [4.78, 5) is 41.3. The van der Waals surface area contributed by atoms with Gasteiger partial charge < -0.3 is 20.9 Å². The van der Waals surface area contributed by atoms with Crippen molar-refractivity contribution in [3.05, 3.63) is 75.6 Å². The van der Waals surface area contributed by atoms with Gasteiger partial charge in [0.15, 0.2) is 5.82 Å². The van der Waals surface area contributed by atoms with E-state index in [0.29, 0.717) is 68.2 Å². The Morgan fingerprint density at radius 2 is 1.57 bits per heavy atom. The number of nitrogens with zero attached hydrogens (tertiary/aromatic N) is 5. The summed E-state index contributed by atoms with van der Waals surface area (Å²) in [6, 6.07) is 13.6. The first-order chi connectivity index (χ1) is 23.9. The zero-order valence-electron chi connectivity index (χ0n) is 28.6. The van der Waals surface area contributed by atoms with E-state index in [1.54, 1.807) is 4.90 Å². The van der Waals surface area contributed by atoms with Gasteiger partial charge in [-0.15, -0.1) is 5.10 Å². The first-order valence-electron chi connectivity index (χ1n) is 17.9. The normalized spacial score (nSPS) is 19.2. The van der Waals surface area contributed by atoms with E-state index in [-0.39, 0.29) is 36.3 Å². The topological polar surface area (TPSA) is 169 Å². The van der Waals surface area contributed by atoms with Crippen LogP contribution in [0.4, 0.5) is 0 Å². The predicted molar refractivity (Wildman–Crippen MR) is 184 cm³/mol. The Hall–Kier alpha value is -4.63. The van der Waals surface area contributed by atoms with Gasteiger partial charge in [0.25, 0.3) is 11.8 Å². The van der Waals surface area contributed by atoms with Crippen molar-refractivity contribution in [3.8, 4) is 6.07 Å². The van der Waals surface area contributed by atoms with Gasteiger partial charge in [-0.2, -0.15) is 5.26 Å². The third kappa shape index (κ3) is 6.95. The molecule has 12 heteroatoms. The molecule has 4 N–H and O–H groups in total. The van der Waals surface area contributed by atoms with Crippen molar-refractivity contribution in [2.45, 2.75) is 95.6 Å². The highest BCUT2D eigenvalue weighted by molar-refractivity contribution is 5.95. The third-order valence-electron chi connectivity index (χ3n) is 10.7. The lowest BCUT2D eigenvalue weighted by molar-refractivity contribution is -0.130. The molecule has 2 heterocycles. The maximum atomic E-state index is 13.6. The summed E-state index contributed by atoms with van der Waals surface area (Å²) in [6.07, 6.45) is 8.90. The number of benzene rings is 2. The zero-order valence-corrected chi connectivity index (χ0v) is 28.6. The van der Waals surface area contributed by atoms with Crippen LogP contribution in [0.2, 0.25) is 0 Å². The Balaban J connectivity index is 1.49. The maximum absolute atomic E-state index is 13.6. The molecule has 1 saturated carbocycles. The van der Waals surface area contributed by atoms with Gasteiger partial charge in [-0.25, -0.2) is 5.10 Å². The van der Waals surface area contributed by atoms with Gasteiger partial charge >= 0.3 is 0 Å². The molecule has 3 aliphatic rings. The number of aromatic amines is 1. The van der Waals surface area contributed by atoms with E-state index in [4.69, 9.17) is 0 Å². The minimum atomic E-state index is -0.884. The van der Waals surface area contributed by atoms with Crippen molar-refractivity contribution >= 4 is 17.7 Å². The number of nitriles is 1. The number of amides is 3. The molecule has 3 amide bonds. The summed E-state index contributed by atoms with van der Waals surface area (Å²) in [5, 5.41) is 35.1. The molecule has 3 aromatic rings. The third-order valence-corrected chi connectivity index (χ3v) is 10.7. The molecule has 2 atom stereocenters. The number of nitrogens with one attached hydrogen (secondary N) is 4. The number of hydrogen-bond acceptors (Lipinski definition) is 8. The lowest BCUT2D eigenvalue weighted by Crippen LogP contribution is -2.49. The number of hydrogen-bond donors (Lipinski definition) is 4. The molecule has 2 fully saturated rings. The second kappa shape index (κ2) is 15.3. The fraction of sp³-hybridized carbons (Fsp3) is 0.541. The Morgan fingerprint density at radius 1 is 0.939 bits per heavy atom. The van der Waals surface area contributed by atoms with Crippen molar-refractivity contribution in [1.29, 1.82) is 5.26 Å². The summed E-state index contributed by atoms with van der Waals surface area (Å²) in [5.74, 6) is 0.566. The largest absolute Gasteiger partial charge is 0.352 e. The van der Waals surface area contributed by atoms with Gasteiger partial charge in [-0.1, -0.05) is 31.4 Å². The number of aromatic nitrogens is 4. The minimum Gasteiger partial charge on any atom is -0.352 e. The van der Waals surface area contributed by atoms with Gasteiger partial charge in [0.1, 0.15) is 6.04 Å². The second-order valence-corrected chi connectivity index (χ2v) is 13.6. The SMILES string of the molecule is CCNC(=O)c1ccc2c(c1)CCc1cc(C(=O)NCC)ccc1C2(C[C@H](NCC(=O)N1CCCC1C#N)C1CCCCC1)c1nnn[nH]1. The zero-order chi connectivity index (χ0) is 34.4. The van der Waals surface area contributed by atoms with Crippen LogP contribution < -0.4 is 16.0 Å². The average molecular weight is 666 g/mol. The van der Waals surface area contributed by atoms with Crippen molar-refractivity contribution in [1.82, 2.24) is 41.5 Å². The molecule has 258 valence electrons. The van der Waals surface area contributed by atoms with Crippen LogP contribution in [0.3, 0.4) is 0 Å². The summed E-state index contributed by atoms with van der Waals surface area (Å²) in [7, 11) is 0. The van der Waals surface area contributed by atoms with Crippen LogP contribution in [-0.2, 0) is 23.1 Å². The first kappa shape index (κ1) is 34.2. The Bertz CT molecular complexity index is 1620. The van der Waals surface area contributed by atoms with Crippen LogP contribution in [0.1, 0.15) is 114 Å². The fourth-order valence-electron chi connectivity index (χ4n) is 8.36. The number of likely N-dealkylation sites (tertiary alicyclic amines) is 1. The highest BCUT2D eigenvalue weighted by Gasteiger charge is 2.47. The molecular formula is C37H47N9O3. The molecule has 6 rings (SSSR count). The standard InChI is InChI=1S/C37H47N9O3/c1-3-39-34(48)27-14-16-30-25(19-27)12-13-26-20-28(35(49)40-4-2)15-17-31(26)37(30,36-42-44-45-43-36)21-32(24-9-6-5-7-10-24)41-23-33(47)46-18-8-11-29(46)22-38/h14-17,19-20,24,29,32,41H,3-13,18,21,23H2,1-2H3,(H,39,48)(H,40,49)(H,42,43,44,45)/t29?,32-/m0/s1. The second-order valence-electron chi connectivity index (χ2n) is 13.6. The van der Waals surface area contributed by atoms with Crippen molar-refractivity contribution in [3.63, 3.8) is 0 Å². The quantitative estimate of drug-likeness (QED) is 0.241. The monoisotopic (exact) mass is 665 g/mol. The van der Waals surface area contributed by atoms with E-state index < -0.39 is 5.41 Å². The first-order valence-corrected chi connectivity index (χ1v) is 17.9. The Kier molecular flexibility index (Phi) is 10.7. The summed E-state index contributed by atoms with van der Waals surface area (Å²) < 4.78 is 0. The molecule has 1 unspecified atom stereocenters. The average Bonchev–Trinajstić information content (AvgIpc) is 3.83. The van der Waals surface area contributed by atoms with Crippen LogP contribution in [0, 0.1) is 17.2 Å². The molecule has 2 aliphatic carbocycles. The molecule has 0 spiro atoms. The molecule has 1 aromatic heterocycles. The lowest BCUT2D eigenvalue weighted by Gasteiger charge is -2.41. The molecule has 2 aromatic carbocycles. The molecule has 0 bridgehead atoms. The molecule has 0 radical (unpaired) electrons. The predicted octanol–water partition coefficient (Wildman–Crippen LogP) is 3.58. The van der Waals surface area contributed by atoms with E-state index in [0.717, 1.165) is 54.4 Å². The highest BCUT2D eigenvalue weighted by atomic mass is 16.2. The van der Waals surface area contributed by atoms with Crippen molar-refractivity contribution in [2.75, 3.05) is 26.2 Å². The van der Waals surface area contributed by atoms with Crippen LogP contribution >= 0.6 is 0 Å². The molecule has 49 heavy (non-hydrogen) atoms. The van der Waals surface area contributed by atoms with E-state index in [9.17, 15) is 19.6 Å². The van der Waals surface area contributed by atoms with Gasteiger partial charge in [0.05, 0.1) is 18.0 Å². The van der Waals surface area contributed by atoms with Gasteiger partial charge in [0, 0.05) is 36.8 Å². The van der Waals surface area contributed by atoms with Gasteiger partial charge in [-0.05, 0) is 122 Å². The van der Waals surface area contributed by atoms with Crippen molar-refractivity contribution < 1.29 is 14.4 Å². The number of carbonyl (C=O) groups is 3. The van der Waals surface area contributed by atoms with Crippen LogP contribution in [0.25, 0.3) is 0 Å². The van der Waals surface area contributed by atoms with Crippen molar-refractivity contribution in [2.24, 2.45) is 5.92 Å². The smallest absolute Gasteiger partial charge is 0.251 e. The molecular weight excluding hydrogens is 618 g/mol. The Morgan fingerprint density at radius 3 is 2.12 bits per heavy atom. The number of carbonyl (C=O) groups excluding carboxylic acids is 3. The van der Waals surface area contributed by atoms with E-state index >= 15 is 0 Å². The van der Waals surface area contributed by atoms with Crippen LogP contribution in [0.5, 0.6) is 0 Å². The van der Waals surface area contributed by atoms with E-state index in [1.807, 2.05) is 50.2 Å². The van der Waals surface area contributed by atoms with E-state index in [2.05, 4.69) is 42.6 Å². The summed E-state index contributed by atoms with van der Waals surface area (Å²) >= 11 is 0. The molecule has 1 aliphatic heterocycles. The Labute approximate surface area is 287 Å². The number of aryl methyl sites for hydroxylation is 2. The maximum Gasteiger partial charge on any atom is 0.251 e. The van der Waals surface area contributed by atoms with Crippen LogP contribution in [0.15, 0.2) is 36.4 Å². The molecule has 12 nitrogen and oxygen atoms in total. The number of H-pyrrole nitrogens is 1. The lowest BCUT2D eigenvalue weighted by atomic mass is 9.65. The number of tetrazole rings is 1. The van der Waals surface area contributed by atoms with Gasteiger partial charge in [-0.3, -0.25) is 14.4 Å². The summed E-state index contributed by atoms with van der Waals surface area (Å²) in [5.41, 5.74) is 4.33.